The van der Waals surface area contributed by atoms with Gasteiger partial charge in [0.1, 0.15) is 5.75 Å². The van der Waals surface area contributed by atoms with Crippen LogP contribution in [0.3, 0.4) is 0 Å². The van der Waals surface area contributed by atoms with Crippen LogP contribution in [0.1, 0.15) is 16.7 Å². The fourth-order valence-electron chi connectivity index (χ4n) is 2.50. The Kier molecular flexibility index (Phi) is 4.35. The lowest BCUT2D eigenvalue weighted by Crippen LogP contribution is -1.91. The summed E-state index contributed by atoms with van der Waals surface area (Å²) < 4.78 is 0. The first-order valence-corrected chi connectivity index (χ1v) is 7.41. The number of hydrogen-bond donors (Lipinski definition) is 1. The zero-order valence-electron chi connectivity index (χ0n) is 12.3. The Balaban J connectivity index is 1.93. The highest BCUT2D eigenvalue weighted by molar-refractivity contribution is 5.79. The fourth-order valence-corrected chi connectivity index (χ4v) is 2.50. The van der Waals surface area contributed by atoms with Crippen molar-refractivity contribution >= 4 is 5.57 Å². The molecule has 0 bridgehead atoms. The number of aromatic hydroxyl groups is 1. The number of phenolic OH excluding ortho intramolecular Hbond substituents is 1. The lowest BCUT2D eigenvalue weighted by molar-refractivity contribution is 0.473. The molecule has 0 aromatic heterocycles. The van der Waals surface area contributed by atoms with Gasteiger partial charge in [-0.15, -0.1) is 0 Å². The molecule has 1 heteroatoms. The van der Waals surface area contributed by atoms with Crippen LogP contribution in [0.4, 0.5) is 0 Å². The molecular weight excluding hydrogens is 268 g/mol. The Hall–Kier alpha value is -2.80. The summed E-state index contributed by atoms with van der Waals surface area (Å²) in [7, 11) is 0. The van der Waals surface area contributed by atoms with Gasteiger partial charge in [0.2, 0.25) is 0 Å². The molecule has 0 spiro atoms. The average molecular weight is 286 g/mol. The molecular formula is C21H18O. The zero-order valence-corrected chi connectivity index (χ0v) is 12.3. The molecule has 1 aliphatic carbocycles. The van der Waals surface area contributed by atoms with Crippen LogP contribution < -0.4 is 0 Å². The second kappa shape index (κ2) is 6.77. The number of benzene rings is 2. The van der Waals surface area contributed by atoms with Crippen molar-refractivity contribution in [2.45, 2.75) is 6.42 Å². The van der Waals surface area contributed by atoms with E-state index in [4.69, 9.17) is 0 Å². The Morgan fingerprint density at radius 2 is 1.50 bits per heavy atom. The summed E-state index contributed by atoms with van der Waals surface area (Å²) in [5.41, 5.74) is 4.33. The lowest BCUT2D eigenvalue weighted by Gasteiger charge is -2.09. The van der Waals surface area contributed by atoms with Gasteiger partial charge in [0.15, 0.2) is 0 Å². The van der Waals surface area contributed by atoms with Crippen LogP contribution >= 0.6 is 0 Å². The first-order valence-electron chi connectivity index (χ1n) is 7.41. The summed E-state index contributed by atoms with van der Waals surface area (Å²) in [6.45, 7) is 0. The van der Waals surface area contributed by atoms with Crippen molar-refractivity contribution in [3.05, 3.63) is 108 Å². The van der Waals surface area contributed by atoms with E-state index in [1.165, 1.54) is 11.1 Å². The van der Waals surface area contributed by atoms with Gasteiger partial charge < -0.3 is 5.11 Å². The molecule has 108 valence electrons. The summed E-state index contributed by atoms with van der Waals surface area (Å²) in [6.07, 6.45) is 14.8. The molecule has 0 saturated carbocycles. The van der Waals surface area contributed by atoms with E-state index in [2.05, 4.69) is 18.2 Å². The van der Waals surface area contributed by atoms with Crippen LogP contribution in [-0.4, -0.2) is 5.11 Å². The van der Waals surface area contributed by atoms with E-state index in [9.17, 15) is 5.11 Å². The quantitative estimate of drug-likeness (QED) is 0.837. The summed E-state index contributed by atoms with van der Waals surface area (Å²) in [4.78, 5) is 0. The molecule has 0 fully saturated rings. The number of phenols is 1. The number of hydrogen-bond acceptors (Lipinski definition) is 1. The monoisotopic (exact) mass is 286 g/mol. The minimum absolute atomic E-state index is 0.311. The highest BCUT2D eigenvalue weighted by Gasteiger charge is 2.07. The van der Waals surface area contributed by atoms with E-state index in [0.717, 1.165) is 17.6 Å². The van der Waals surface area contributed by atoms with E-state index in [1.807, 2.05) is 66.8 Å². The van der Waals surface area contributed by atoms with E-state index < -0.39 is 0 Å². The van der Waals surface area contributed by atoms with Crippen LogP contribution in [0.2, 0.25) is 0 Å². The summed E-state index contributed by atoms with van der Waals surface area (Å²) in [5.74, 6) is 0.311. The maximum atomic E-state index is 10.2. The second-order valence-corrected chi connectivity index (χ2v) is 5.26. The maximum absolute atomic E-state index is 10.2. The molecule has 1 aliphatic rings. The highest BCUT2D eigenvalue weighted by Crippen LogP contribution is 2.28. The molecule has 1 nitrogen and oxygen atoms in total. The largest absolute Gasteiger partial charge is 0.507 e. The normalized spacial score (nSPS) is 16.5. The van der Waals surface area contributed by atoms with Crippen molar-refractivity contribution in [1.82, 2.24) is 0 Å². The van der Waals surface area contributed by atoms with E-state index in [1.54, 1.807) is 6.07 Å². The predicted octanol–water partition coefficient (Wildman–Crippen LogP) is 5.05. The molecule has 3 rings (SSSR count). The molecule has 1 N–H and O–H groups in total. The van der Waals surface area contributed by atoms with Crippen LogP contribution in [0.15, 0.2) is 91.1 Å². The van der Waals surface area contributed by atoms with E-state index >= 15 is 0 Å². The van der Waals surface area contributed by atoms with Gasteiger partial charge in [-0.1, -0.05) is 78.9 Å². The minimum Gasteiger partial charge on any atom is -0.507 e. The first kappa shape index (κ1) is 14.2. The molecule has 0 amide bonds. The van der Waals surface area contributed by atoms with Crippen LogP contribution in [0.5, 0.6) is 5.75 Å². The Morgan fingerprint density at radius 1 is 0.727 bits per heavy atom. The first-order chi connectivity index (χ1) is 10.8. The second-order valence-electron chi connectivity index (χ2n) is 5.26. The van der Waals surface area contributed by atoms with Gasteiger partial charge >= 0.3 is 0 Å². The SMILES string of the molecule is Oc1ccc(Cc2ccccc2)cc1C1=C/C=C\C=C/C=C1. The Labute approximate surface area is 131 Å². The molecule has 0 heterocycles. The van der Waals surface area contributed by atoms with Gasteiger partial charge in [0, 0.05) is 5.56 Å². The van der Waals surface area contributed by atoms with Crippen LogP contribution in [-0.2, 0) is 6.42 Å². The third-order valence-electron chi connectivity index (χ3n) is 3.62. The number of rotatable bonds is 3. The van der Waals surface area contributed by atoms with Gasteiger partial charge in [-0.3, -0.25) is 0 Å². The average Bonchev–Trinajstić information content (AvgIpc) is 2.50. The van der Waals surface area contributed by atoms with Gasteiger partial charge in [-0.25, -0.2) is 0 Å². The van der Waals surface area contributed by atoms with Crippen LogP contribution in [0, 0.1) is 0 Å². The van der Waals surface area contributed by atoms with Gasteiger partial charge in [-0.05, 0) is 35.3 Å². The van der Waals surface area contributed by atoms with Crippen molar-refractivity contribution < 1.29 is 5.11 Å². The molecule has 0 unspecified atom stereocenters. The Morgan fingerprint density at radius 3 is 2.36 bits per heavy atom. The Bertz CT molecular complexity index is 762. The molecule has 0 aliphatic heterocycles. The summed E-state index contributed by atoms with van der Waals surface area (Å²) in [5, 5.41) is 10.2. The van der Waals surface area contributed by atoms with E-state index in [-0.39, 0.29) is 0 Å². The third-order valence-corrected chi connectivity index (χ3v) is 3.62. The van der Waals surface area contributed by atoms with E-state index in [0.29, 0.717) is 5.75 Å². The molecule has 2 aromatic carbocycles. The molecule has 0 saturated heterocycles. The lowest BCUT2D eigenvalue weighted by atomic mass is 9.97. The standard InChI is InChI=1S/C21H18O/c22-21-14-13-18(15-17-9-5-4-6-10-17)16-20(21)19-11-7-2-1-3-8-12-19/h1-14,16,22H,15H2/b2-1-,3-1?,7-2?,8-3-,11-7?,12-8?,19-11?,19-12?. The summed E-state index contributed by atoms with van der Waals surface area (Å²) >= 11 is 0. The number of allylic oxidation sites excluding steroid dienone is 8. The van der Waals surface area contributed by atoms with Gasteiger partial charge in [0.05, 0.1) is 0 Å². The van der Waals surface area contributed by atoms with Gasteiger partial charge in [0.25, 0.3) is 0 Å². The van der Waals surface area contributed by atoms with Crippen molar-refractivity contribution in [2.24, 2.45) is 0 Å². The fraction of sp³-hybridized carbons (Fsp3) is 0.0476. The third kappa shape index (κ3) is 3.44. The smallest absolute Gasteiger partial charge is 0.123 e. The van der Waals surface area contributed by atoms with Crippen molar-refractivity contribution in [3.63, 3.8) is 0 Å². The maximum Gasteiger partial charge on any atom is 0.123 e. The van der Waals surface area contributed by atoms with Gasteiger partial charge in [-0.2, -0.15) is 0 Å². The van der Waals surface area contributed by atoms with Crippen molar-refractivity contribution in [2.75, 3.05) is 0 Å². The van der Waals surface area contributed by atoms with Crippen molar-refractivity contribution in [1.29, 1.82) is 0 Å². The molecule has 0 radical (unpaired) electrons. The minimum atomic E-state index is 0.311. The van der Waals surface area contributed by atoms with Crippen molar-refractivity contribution in [3.8, 4) is 5.75 Å². The topological polar surface area (TPSA) is 20.2 Å². The molecule has 0 atom stereocenters. The zero-order chi connectivity index (χ0) is 15.2. The highest BCUT2D eigenvalue weighted by atomic mass is 16.3. The summed E-state index contributed by atoms with van der Waals surface area (Å²) in [6, 6.07) is 16.2. The van der Waals surface area contributed by atoms with Crippen LogP contribution in [0.25, 0.3) is 5.57 Å². The molecule has 22 heavy (non-hydrogen) atoms. The predicted molar refractivity (Wildman–Crippen MR) is 92.8 cm³/mol. The molecule has 2 aromatic rings.